The van der Waals surface area contributed by atoms with Crippen LogP contribution in [-0.2, 0) is 17.6 Å². The Kier molecular flexibility index (Phi) is 6.06. The molecule has 106 valence electrons. The van der Waals surface area contributed by atoms with Crippen molar-refractivity contribution >= 4 is 5.69 Å². The summed E-state index contributed by atoms with van der Waals surface area (Å²) in [5.41, 5.74) is 9.12. The van der Waals surface area contributed by atoms with Crippen LogP contribution < -0.4 is 5.73 Å². The lowest BCUT2D eigenvalue weighted by Gasteiger charge is -2.05. The molecule has 3 heteroatoms. The summed E-state index contributed by atoms with van der Waals surface area (Å²) < 4.78 is 5.66. The van der Waals surface area contributed by atoms with E-state index in [1.807, 2.05) is 24.5 Å². The molecule has 0 saturated heterocycles. The maximum absolute atomic E-state index is 5.66. The number of rotatable bonds is 8. The van der Waals surface area contributed by atoms with E-state index in [1.54, 1.807) is 0 Å². The first-order valence-electron chi connectivity index (χ1n) is 7.15. The van der Waals surface area contributed by atoms with Crippen LogP contribution in [0.3, 0.4) is 0 Å². The number of pyridine rings is 1. The van der Waals surface area contributed by atoms with E-state index in [1.165, 1.54) is 11.1 Å². The van der Waals surface area contributed by atoms with Crippen LogP contribution in [0.2, 0.25) is 0 Å². The van der Waals surface area contributed by atoms with Crippen LogP contribution in [0.4, 0.5) is 5.69 Å². The third kappa shape index (κ3) is 5.41. The Morgan fingerprint density at radius 1 is 0.800 bits per heavy atom. The molecule has 0 aliphatic heterocycles. The van der Waals surface area contributed by atoms with E-state index in [0.29, 0.717) is 0 Å². The molecule has 3 nitrogen and oxygen atoms in total. The number of aromatic nitrogens is 1. The van der Waals surface area contributed by atoms with Gasteiger partial charge in [-0.15, -0.1) is 0 Å². The number of hydrogen-bond donors (Lipinski definition) is 1. The standard InChI is InChI=1S/C17H22N2O/c18-17-7-5-15(6-8-17)3-1-13-20-14-2-4-16-9-11-19-12-10-16/h5-12H,1-4,13-14,18H2. The Morgan fingerprint density at radius 2 is 1.35 bits per heavy atom. The Morgan fingerprint density at radius 3 is 1.95 bits per heavy atom. The van der Waals surface area contributed by atoms with E-state index in [2.05, 4.69) is 29.2 Å². The largest absolute Gasteiger partial charge is 0.399 e. The van der Waals surface area contributed by atoms with Crippen molar-refractivity contribution in [1.82, 2.24) is 4.98 Å². The van der Waals surface area contributed by atoms with Crippen LogP contribution in [0, 0.1) is 0 Å². The predicted molar refractivity (Wildman–Crippen MR) is 82.6 cm³/mol. The van der Waals surface area contributed by atoms with Gasteiger partial charge in [-0.25, -0.2) is 0 Å². The van der Waals surface area contributed by atoms with E-state index < -0.39 is 0 Å². The fraction of sp³-hybridized carbons (Fsp3) is 0.353. The highest BCUT2D eigenvalue weighted by atomic mass is 16.5. The number of hydrogen-bond acceptors (Lipinski definition) is 3. The molecular formula is C17H22N2O. The Bertz CT molecular complexity index is 482. The lowest BCUT2D eigenvalue weighted by molar-refractivity contribution is 0.130. The molecule has 0 aliphatic rings. The Hall–Kier alpha value is -1.87. The van der Waals surface area contributed by atoms with Gasteiger partial charge in [-0.1, -0.05) is 12.1 Å². The molecule has 1 heterocycles. The van der Waals surface area contributed by atoms with Crippen LogP contribution in [0.15, 0.2) is 48.8 Å². The minimum absolute atomic E-state index is 0.820. The summed E-state index contributed by atoms with van der Waals surface area (Å²) in [4.78, 5) is 4.01. The van der Waals surface area contributed by atoms with Gasteiger partial charge in [-0.05, 0) is 61.1 Å². The van der Waals surface area contributed by atoms with Crippen molar-refractivity contribution in [1.29, 1.82) is 0 Å². The lowest BCUT2D eigenvalue weighted by atomic mass is 10.1. The summed E-state index contributed by atoms with van der Waals surface area (Å²) in [6.07, 6.45) is 7.89. The van der Waals surface area contributed by atoms with E-state index in [9.17, 15) is 0 Å². The molecule has 0 bridgehead atoms. The van der Waals surface area contributed by atoms with Crippen molar-refractivity contribution in [2.75, 3.05) is 18.9 Å². The van der Waals surface area contributed by atoms with Crippen LogP contribution in [0.25, 0.3) is 0 Å². The zero-order chi connectivity index (χ0) is 14.0. The second-order valence-corrected chi connectivity index (χ2v) is 4.92. The van der Waals surface area contributed by atoms with Gasteiger partial charge in [0, 0.05) is 31.3 Å². The Labute approximate surface area is 120 Å². The fourth-order valence-electron chi connectivity index (χ4n) is 2.09. The van der Waals surface area contributed by atoms with Gasteiger partial charge in [0.1, 0.15) is 0 Å². The number of nitrogen functional groups attached to an aromatic ring is 1. The van der Waals surface area contributed by atoms with Gasteiger partial charge in [-0.3, -0.25) is 4.98 Å². The fourth-order valence-corrected chi connectivity index (χ4v) is 2.09. The third-order valence-corrected chi connectivity index (χ3v) is 3.24. The molecule has 2 aromatic rings. The highest BCUT2D eigenvalue weighted by molar-refractivity contribution is 5.39. The first-order chi connectivity index (χ1) is 9.84. The molecule has 0 atom stereocenters. The summed E-state index contributed by atoms with van der Waals surface area (Å²) in [7, 11) is 0. The van der Waals surface area contributed by atoms with Gasteiger partial charge in [0.15, 0.2) is 0 Å². The molecule has 2 N–H and O–H groups in total. The van der Waals surface area contributed by atoms with Gasteiger partial charge in [0.25, 0.3) is 0 Å². The normalized spacial score (nSPS) is 10.6. The minimum Gasteiger partial charge on any atom is -0.399 e. The van der Waals surface area contributed by atoms with Crippen molar-refractivity contribution in [3.05, 3.63) is 59.9 Å². The van der Waals surface area contributed by atoms with Crippen LogP contribution in [0.5, 0.6) is 0 Å². The first-order valence-corrected chi connectivity index (χ1v) is 7.15. The average molecular weight is 270 g/mol. The van der Waals surface area contributed by atoms with Crippen molar-refractivity contribution in [3.8, 4) is 0 Å². The monoisotopic (exact) mass is 270 g/mol. The van der Waals surface area contributed by atoms with E-state index in [-0.39, 0.29) is 0 Å². The zero-order valence-electron chi connectivity index (χ0n) is 11.8. The number of nitrogens with two attached hydrogens (primary N) is 1. The minimum atomic E-state index is 0.820. The highest BCUT2D eigenvalue weighted by Gasteiger charge is 1.95. The van der Waals surface area contributed by atoms with E-state index in [4.69, 9.17) is 10.5 Å². The molecule has 0 aliphatic carbocycles. The molecule has 20 heavy (non-hydrogen) atoms. The number of nitrogens with zero attached hydrogens (tertiary/aromatic N) is 1. The summed E-state index contributed by atoms with van der Waals surface area (Å²) in [5, 5.41) is 0. The maximum Gasteiger partial charge on any atom is 0.0469 e. The van der Waals surface area contributed by atoms with Crippen molar-refractivity contribution in [3.63, 3.8) is 0 Å². The van der Waals surface area contributed by atoms with Crippen molar-refractivity contribution in [2.45, 2.75) is 25.7 Å². The van der Waals surface area contributed by atoms with Crippen LogP contribution in [0.1, 0.15) is 24.0 Å². The number of anilines is 1. The molecule has 1 aromatic carbocycles. The average Bonchev–Trinajstić information content (AvgIpc) is 2.49. The summed E-state index contributed by atoms with van der Waals surface area (Å²) in [5.74, 6) is 0. The predicted octanol–water partition coefficient (Wildman–Crippen LogP) is 3.25. The SMILES string of the molecule is Nc1ccc(CCCOCCCc2ccncc2)cc1. The van der Waals surface area contributed by atoms with Crippen molar-refractivity contribution < 1.29 is 4.74 Å². The smallest absolute Gasteiger partial charge is 0.0469 e. The van der Waals surface area contributed by atoms with Gasteiger partial charge in [-0.2, -0.15) is 0 Å². The molecule has 0 saturated carbocycles. The number of aryl methyl sites for hydroxylation is 2. The van der Waals surface area contributed by atoms with Gasteiger partial charge in [0.05, 0.1) is 0 Å². The molecule has 0 unspecified atom stereocenters. The molecule has 0 amide bonds. The lowest BCUT2D eigenvalue weighted by Crippen LogP contribution is -2.00. The molecule has 2 rings (SSSR count). The highest BCUT2D eigenvalue weighted by Crippen LogP contribution is 2.08. The molecule has 0 fully saturated rings. The van der Waals surface area contributed by atoms with Gasteiger partial charge in [0.2, 0.25) is 0 Å². The second kappa shape index (κ2) is 8.33. The second-order valence-electron chi connectivity index (χ2n) is 4.92. The van der Waals surface area contributed by atoms with Crippen LogP contribution >= 0.6 is 0 Å². The summed E-state index contributed by atoms with van der Waals surface area (Å²) >= 11 is 0. The number of benzene rings is 1. The zero-order valence-corrected chi connectivity index (χ0v) is 11.8. The van der Waals surface area contributed by atoms with Crippen LogP contribution in [-0.4, -0.2) is 18.2 Å². The van der Waals surface area contributed by atoms with Crippen molar-refractivity contribution in [2.24, 2.45) is 0 Å². The topological polar surface area (TPSA) is 48.1 Å². The quantitative estimate of drug-likeness (QED) is 0.591. The summed E-state index contributed by atoms with van der Waals surface area (Å²) in [6, 6.07) is 12.2. The first kappa shape index (κ1) is 14.5. The molecular weight excluding hydrogens is 248 g/mol. The number of ether oxygens (including phenoxy) is 1. The third-order valence-electron chi connectivity index (χ3n) is 3.24. The Balaban J connectivity index is 1.51. The molecule has 0 spiro atoms. The molecule has 1 aromatic heterocycles. The molecule has 0 radical (unpaired) electrons. The van der Waals surface area contributed by atoms with E-state index >= 15 is 0 Å². The van der Waals surface area contributed by atoms with Gasteiger partial charge < -0.3 is 10.5 Å². The maximum atomic E-state index is 5.66. The summed E-state index contributed by atoms with van der Waals surface area (Å²) in [6.45, 7) is 1.64. The van der Waals surface area contributed by atoms with E-state index in [0.717, 1.165) is 44.6 Å². The van der Waals surface area contributed by atoms with Gasteiger partial charge >= 0.3 is 0 Å².